The third kappa shape index (κ3) is 2.09. The molecule has 1 fully saturated rings. The molecule has 5 atom stereocenters. The summed E-state index contributed by atoms with van der Waals surface area (Å²) in [6, 6.07) is 7.31. The van der Waals surface area contributed by atoms with Gasteiger partial charge in [-0.05, 0) is 12.1 Å². The van der Waals surface area contributed by atoms with Gasteiger partial charge < -0.3 is 30.1 Å². The van der Waals surface area contributed by atoms with Crippen molar-refractivity contribution in [1.82, 2.24) is 9.97 Å². The number of aliphatic hydroxyl groups excluding tert-OH is 4. The topological polar surface area (TPSA) is 119 Å². The lowest BCUT2D eigenvalue weighted by atomic mass is 9.95. The standard InChI is InChI=1S/C13H16N2O5/c16-5-8-9(17)10(18)11(19)12(20-8)13-14-6-3-1-2-4-7(6)15-13/h1-4,8-12,16-19H,5H2,(H,14,15)/t8-,9-,10+,11-,12?/m1/s1. The summed E-state index contributed by atoms with van der Waals surface area (Å²) in [4.78, 5) is 7.31. The largest absolute Gasteiger partial charge is 0.394 e. The summed E-state index contributed by atoms with van der Waals surface area (Å²) < 4.78 is 5.44. The van der Waals surface area contributed by atoms with Crippen LogP contribution >= 0.6 is 0 Å². The Kier molecular flexibility index (Phi) is 3.45. The van der Waals surface area contributed by atoms with Crippen molar-refractivity contribution in [3.05, 3.63) is 30.1 Å². The molecule has 108 valence electrons. The van der Waals surface area contributed by atoms with Crippen LogP contribution in [0.1, 0.15) is 11.9 Å². The molecule has 0 aliphatic carbocycles. The quantitative estimate of drug-likeness (QED) is 0.485. The minimum absolute atomic E-state index is 0.350. The van der Waals surface area contributed by atoms with E-state index < -0.39 is 37.1 Å². The van der Waals surface area contributed by atoms with Crippen LogP contribution in [0.3, 0.4) is 0 Å². The normalized spacial score (nSPS) is 34.5. The molecule has 1 aliphatic heterocycles. The molecular formula is C13H16N2O5. The van der Waals surface area contributed by atoms with Gasteiger partial charge in [-0.25, -0.2) is 4.98 Å². The minimum Gasteiger partial charge on any atom is -0.394 e. The van der Waals surface area contributed by atoms with E-state index in [2.05, 4.69) is 9.97 Å². The second-order valence-electron chi connectivity index (χ2n) is 4.89. The number of hydrogen-bond donors (Lipinski definition) is 5. The Balaban J connectivity index is 1.95. The van der Waals surface area contributed by atoms with Gasteiger partial charge in [0.1, 0.15) is 36.3 Å². The number of nitrogens with zero attached hydrogens (tertiary/aromatic N) is 1. The zero-order chi connectivity index (χ0) is 14.3. The van der Waals surface area contributed by atoms with E-state index in [1.54, 1.807) is 6.07 Å². The molecule has 5 N–H and O–H groups in total. The number of ether oxygens (including phenoxy) is 1. The molecule has 1 unspecified atom stereocenters. The van der Waals surface area contributed by atoms with Crippen LogP contribution in [0.4, 0.5) is 0 Å². The number of aromatic nitrogens is 2. The van der Waals surface area contributed by atoms with E-state index in [1.165, 1.54) is 0 Å². The number of nitrogens with one attached hydrogen (secondary N) is 1. The van der Waals surface area contributed by atoms with Gasteiger partial charge in [-0.15, -0.1) is 0 Å². The van der Waals surface area contributed by atoms with Crippen LogP contribution in [-0.4, -0.2) is 61.4 Å². The molecule has 1 aromatic carbocycles. The van der Waals surface area contributed by atoms with E-state index >= 15 is 0 Å². The van der Waals surface area contributed by atoms with Crippen molar-refractivity contribution in [1.29, 1.82) is 0 Å². The van der Waals surface area contributed by atoms with Gasteiger partial charge in [0.2, 0.25) is 0 Å². The van der Waals surface area contributed by atoms with Gasteiger partial charge in [0.15, 0.2) is 0 Å². The molecule has 1 saturated heterocycles. The molecule has 0 radical (unpaired) electrons. The second-order valence-corrected chi connectivity index (χ2v) is 4.89. The predicted molar refractivity (Wildman–Crippen MR) is 68.8 cm³/mol. The van der Waals surface area contributed by atoms with Crippen molar-refractivity contribution in [2.45, 2.75) is 30.5 Å². The zero-order valence-electron chi connectivity index (χ0n) is 10.5. The van der Waals surface area contributed by atoms with Crippen molar-refractivity contribution in [3.8, 4) is 0 Å². The molecular weight excluding hydrogens is 264 g/mol. The Morgan fingerprint density at radius 3 is 2.55 bits per heavy atom. The Bertz CT molecular complexity index is 566. The molecule has 20 heavy (non-hydrogen) atoms. The monoisotopic (exact) mass is 280 g/mol. The average molecular weight is 280 g/mol. The van der Waals surface area contributed by atoms with Crippen molar-refractivity contribution >= 4 is 11.0 Å². The highest BCUT2D eigenvalue weighted by Crippen LogP contribution is 2.31. The van der Waals surface area contributed by atoms with Gasteiger partial charge in [0.25, 0.3) is 0 Å². The molecule has 0 saturated carbocycles. The second kappa shape index (κ2) is 5.12. The molecule has 2 aromatic rings. The number of imidazole rings is 1. The van der Waals surface area contributed by atoms with Crippen molar-refractivity contribution in [2.24, 2.45) is 0 Å². The molecule has 1 aliphatic rings. The zero-order valence-corrected chi connectivity index (χ0v) is 10.5. The summed E-state index contributed by atoms with van der Waals surface area (Å²) in [5, 5.41) is 38.7. The highest BCUT2D eigenvalue weighted by atomic mass is 16.5. The van der Waals surface area contributed by atoms with Gasteiger partial charge >= 0.3 is 0 Å². The lowest BCUT2D eigenvalue weighted by Gasteiger charge is -2.39. The van der Waals surface area contributed by atoms with Crippen LogP contribution in [-0.2, 0) is 4.74 Å². The molecule has 1 aromatic heterocycles. The maximum Gasteiger partial charge on any atom is 0.144 e. The highest BCUT2D eigenvalue weighted by molar-refractivity contribution is 5.74. The first-order valence-corrected chi connectivity index (χ1v) is 6.37. The van der Waals surface area contributed by atoms with Crippen molar-refractivity contribution in [3.63, 3.8) is 0 Å². The Labute approximate surface area is 114 Å². The fourth-order valence-corrected chi connectivity index (χ4v) is 2.43. The summed E-state index contributed by atoms with van der Waals surface area (Å²) >= 11 is 0. The number of fused-ring (bicyclic) bond motifs is 1. The number of hydrogen-bond acceptors (Lipinski definition) is 6. The number of rotatable bonds is 2. The fraction of sp³-hybridized carbons (Fsp3) is 0.462. The fourth-order valence-electron chi connectivity index (χ4n) is 2.43. The highest BCUT2D eigenvalue weighted by Gasteiger charge is 2.45. The number of H-pyrrole nitrogens is 1. The van der Waals surface area contributed by atoms with E-state index in [9.17, 15) is 15.3 Å². The molecule has 0 amide bonds. The number of para-hydroxylation sites is 2. The smallest absolute Gasteiger partial charge is 0.144 e. The SMILES string of the molecule is OC[C@H]1OC(c2nc3ccccc3[nH]2)[C@H](O)[C@@H](O)[C@@H]1O. The van der Waals surface area contributed by atoms with Crippen LogP contribution in [0.2, 0.25) is 0 Å². The third-order valence-corrected chi connectivity index (χ3v) is 3.57. The molecule has 7 heteroatoms. The molecule has 2 heterocycles. The maximum atomic E-state index is 10.0. The molecule has 7 nitrogen and oxygen atoms in total. The van der Waals surface area contributed by atoms with E-state index in [0.29, 0.717) is 11.3 Å². The van der Waals surface area contributed by atoms with E-state index in [1.807, 2.05) is 18.2 Å². The van der Waals surface area contributed by atoms with Crippen molar-refractivity contribution < 1.29 is 25.2 Å². The molecule has 0 bridgehead atoms. The van der Waals surface area contributed by atoms with Crippen LogP contribution in [0.15, 0.2) is 24.3 Å². The number of benzene rings is 1. The van der Waals surface area contributed by atoms with Crippen LogP contribution in [0, 0.1) is 0 Å². The Morgan fingerprint density at radius 2 is 1.85 bits per heavy atom. The molecule has 3 rings (SSSR count). The summed E-state index contributed by atoms with van der Waals surface area (Å²) in [6.45, 7) is -0.457. The molecule has 0 spiro atoms. The predicted octanol–water partition coefficient (Wildman–Crippen LogP) is -0.922. The van der Waals surface area contributed by atoms with Crippen molar-refractivity contribution in [2.75, 3.05) is 6.61 Å². The van der Waals surface area contributed by atoms with Gasteiger partial charge in [0, 0.05) is 0 Å². The average Bonchev–Trinajstić information content (AvgIpc) is 2.89. The number of aromatic amines is 1. The van der Waals surface area contributed by atoms with Gasteiger partial charge in [-0.1, -0.05) is 12.1 Å². The van der Waals surface area contributed by atoms with Crippen LogP contribution in [0.25, 0.3) is 11.0 Å². The van der Waals surface area contributed by atoms with Crippen LogP contribution in [0.5, 0.6) is 0 Å². The summed E-state index contributed by atoms with van der Waals surface area (Å²) in [7, 11) is 0. The summed E-state index contributed by atoms with van der Waals surface area (Å²) in [6.07, 6.45) is -5.97. The first kappa shape index (κ1) is 13.5. The first-order chi connectivity index (χ1) is 9.61. The first-order valence-electron chi connectivity index (χ1n) is 6.37. The number of aliphatic hydroxyl groups is 4. The Morgan fingerprint density at radius 1 is 1.10 bits per heavy atom. The van der Waals surface area contributed by atoms with Gasteiger partial charge in [-0.2, -0.15) is 0 Å². The van der Waals surface area contributed by atoms with Crippen LogP contribution < -0.4 is 0 Å². The Hall–Kier alpha value is -1.51. The summed E-state index contributed by atoms with van der Waals surface area (Å²) in [5.41, 5.74) is 1.49. The minimum atomic E-state index is -1.40. The summed E-state index contributed by atoms with van der Waals surface area (Å²) in [5.74, 6) is 0.350. The van der Waals surface area contributed by atoms with Gasteiger partial charge in [0.05, 0.1) is 17.6 Å². The lowest BCUT2D eigenvalue weighted by molar-refractivity contribution is -0.233. The maximum absolute atomic E-state index is 10.0. The van der Waals surface area contributed by atoms with E-state index in [4.69, 9.17) is 9.84 Å². The van der Waals surface area contributed by atoms with E-state index in [-0.39, 0.29) is 0 Å². The van der Waals surface area contributed by atoms with E-state index in [0.717, 1.165) is 5.52 Å². The lowest BCUT2D eigenvalue weighted by Crippen LogP contribution is -2.55. The third-order valence-electron chi connectivity index (χ3n) is 3.57. The van der Waals surface area contributed by atoms with Gasteiger partial charge in [-0.3, -0.25) is 0 Å².